The average Bonchev–Trinajstić information content (AvgIpc) is 2.58. The molecule has 10 heteroatoms. The van der Waals surface area contributed by atoms with Crippen molar-refractivity contribution in [3.63, 3.8) is 0 Å². The van der Waals surface area contributed by atoms with Crippen molar-refractivity contribution in [1.82, 2.24) is 10.6 Å². The summed E-state index contributed by atoms with van der Waals surface area (Å²) in [7, 11) is 0. The third kappa shape index (κ3) is 9.23. The van der Waals surface area contributed by atoms with E-state index in [0.29, 0.717) is 25.8 Å². The lowest BCUT2D eigenvalue weighted by Crippen LogP contribution is -2.57. The SMILES string of the molecule is CCC(C)C(NC(=O)C(N)CCCN=C(N)N)C(=O)NC(C(=O)O)C(C)C. The van der Waals surface area contributed by atoms with E-state index in [1.807, 2.05) is 6.92 Å². The van der Waals surface area contributed by atoms with E-state index < -0.39 is 35.9 Å². The third-order valence-electron chi connectivity index (χ3n) is 4.33. The zero-order chi connectivity index (χ0) is 21.1. The number of carbonyl (C=O) groups is 3. The third-order valence-corrected chi connectivity index (χ3v) is 4.33. The molecule has 0 aliphatic heterocycles. The van der Waals surface area contributed by atoms with E-state index in [-0.39, 0.29) is 17.8 Å². The number of nitrogens with zero attached hydrogens (tertiary/aromatic N) is 1. The van der Waals surface area contributed by atoms with Crippen LogP contribution < -0.4 is 27.8 Å². The molecule has 0 aromatic carbocycles. The molecule has 0 radical (unpaired) electrons. The topological polar surface area (TPSA) is 186 Å². The highest BCUT2D eigenvalue weighted by molar-refractivity contribution is 5.92. The molecule has 0 spiro atoms. The van der Waals surface area contributed by atoms with Gasteiger partial charge in [-0.05, 0) is 24.7 Å². The molecular formula is C17H34N6O4. The van der Waals surface area contributed by atoms with Gasteiger partial charge in [0.1, 0.15) is 12.1 Å². The normalized spacial score (nSPS) is 15.3. The first-order valence-electron chi connectivity index (χ1n) is 9.15. The van der Waals surface area contributed by atoms with Gasteiger partial charge >= 0.3 is 5.97 Å². The second-order valence-corrected chi connectivity index (χ2v) is 7.00. The monoisotopic (exact) mass is 386 g/mol. The highest BCUT2D eigenvalue weighted by Gasteiger charge is 2.31. The van der Waals surface area contributed by atoms with E-state index in [2.05, 4.69) is 15.6 Å². The fourth-order valence-electron chi connectivity index (χ4n) is 2.37. The number of rotatable bonds is 12. The lowest BCUT2D eigenvalue weighted by Gasteiger charge is -2.27. The van der Waals surface area contributed by atoms with Gasteiger partial charge in [-0.25, -0.2) is 4.79 Å². The van der Waals surface area contributed by atoms with Crippen molar-refractivity contribution in [2.24, 2.45) is 34.0 Å². The van der Waals surface area contributed by atoms with Gasteiger partial charge in [-0.2, -0.15) is 0 Å². The van der Waals surface area contributed by atoms with Gasteiger partial charge in [0.25, 0.3) is 0 Å². The predicted molar refractivity (Wildman–Crippen MR) is 104 cm³/mol. The molecule has 0 saturated carbocycles. The van der Waals surface area contributed by atoms with Crippen molar-refractivity contribution in [3.05, 3.63) is 0 Å². The summed E-state index contributed by atoms with van der Waals surface area (Å²) in [4.78, 5) is 40.1. The second-order valence-electron chi connectivity index (χ2n) is 7.00. The van der Waals surface area contributed by atoms with Crippen LogP contribution in [0.4, 0.5) is 0 Å². The molecule has 2 amide bonds. The van der Waals surface area contributed by atoms with Crippen molar-refractivity contribution < 1.29 is 19.5 Å². The number of aliphatic carboxylic acids is 1. The van der Waals surface area contributed by atoms with Crippen LogP contribution in [0.15, 0.2) is 4.99 Å². The van der Waals surface area contributed by atoms with Gasteiger partial charge in [-0.1, -0.05) is 34.1 Å². The van der Waals surface area contributed by atoms with Crippen LogP contribution in [0, 0.1) is 11.8 Å². The molecule has 0 bridgehead atoms. The number of carboxylic acids is 1. The smallest absolute Gasteiger partial charge is 0.326 e. The van der Waals surface area contributed by atoms with E-state index in [4.69, 9.17) is 17.2 Å². The number of hydrogen-bond acceptors (Lipinski definition) is 5. The molecule has 0 saturated heterocycles. The Labute approximate surface area is 160 Å². The molecule has 27 heavy (non-hydrogen) atoms. The molecule has 9 N–H and O–H groups in total. The quantitative estimate of drug-likeness (QED) is 0.143. The Morgan fingerprint density at radius 2 is 1.59 bits per heavy atom. The van der Waals surface area contributed by atoms with Crippen molar-refractivity contribution in [1.29, 1.82) is 0 Å². The lowest BCUT2D eigenvalue weighted by atomic mass is 9.96. The summed E-state index contributed by atoms with van der Waals surface area (Å²) < 4.78 is 0. The first kappa shape index (κ1) is 24.6. The minimum atomic E-state index is -1.12. The standard InChI is InChI=1S/C17H34N6O4/c1-5-10(4)13(15(25)22-12(9(2)3)16(26)27)23-14(24)11(18)7-6-8-21-17(19)20/h9-13H,5-8,18H2,1-4H3,(H,22,25)(H,23,24)(H,26,27)(H4,19,20,21). The van der Waals surface area contributed by atoms with E-state index in [0.717, 1.165) is 0 Å². The summed E-state index contributed by atoms with van der Waals surface area (Å²) >= 11 is 0. The number of carboxylic acid groups (broad SMARTS) is 1. The Morgan fingerprint density at radius 1 is 1.04 bits per heavy atom. The Kier molecular flexibility index (Phi) is 11.0. The van der Waals surface area contributed by atoms with Crippen LogP contribution >= 0.6 is 0 Å². The van der Waals surface area contributed by atoms with E-state index in [1.54, 1.807) is 20.8 Å². The number of aliphatic imine (C=N–C) groups is 1. The fraction of sp³-hybridized carbons (Fsp3) is 0.765. The highest BCUT2D eigenvalue weighted by Crippen LogP contribution is 2.11. The maximum atomic E-state index is 12.6. The number of carbonyl (C=O) groups excluding carboxylic acids is 2. The van der Waals surface area contributed by atoms with Crippen LogP contribution in [-0.2, 0) is 14.4 Å². The first-order valence-corrected chi connectivity index (χ1v) is 9.15. The summed E-state index contributed by atoms with van der Waals surface area (Å²) in [5.41, 5.74) is 16.3. The summed E-state index contributed by atoms with van der Waals surface area (Å²) in [6.45, 7) is 7.43. The molecule has 156 valence electrons. The molecule has 0 rings (SSSR count). The summed E-state index contributed by atoms with van der Waals surface area (Å²) in [6.07, 6.45) is 1.49. The minimum absolute atomic E-state index is 0.0281. The van der Waals surface area contributed by atoms with Crippen LogP contribution in [0.2, 0.25) is 0 Å². The molecule has 0 aromatic rings. The molecule has 0 fully saturated rings. The Morgan fingerprint density at radius 3 is 2.04 bits per heavy atom. The maximum Gasteiger partial charge on any atom is 0.326 e. The van der Waals surface area contributed by atoms with Gasteiger partial charge in [-0.3, -0.25) is 14.6 Å². The van der Waals surface area contributed by atoms with Crippen molar-refractivity contribution >= 4 is 23.7 Å². The van der Waals surface area contributed by atoms with Crippen molar-refractivity contribution in [3.8, 4) is 0 Å². The Balaban J connectivity index is 4.94. The minimum Gasteiger partial charge on any atom is -0.480 e. The zero-order valence-electron chi connectivity index (χ0n) is 16.6. The van der Waals surface area contributed by atoms with Crippen LogP contribution in [0.3, 0.4) is 0 Å². The van der Waals surface area contributed by atoms with E-state index >= 15 is 0 Å². The molecule has 4 atom stereocenters. The van der Waals surface area contributed by atoms with Crippen LogP contribution in [-0.4, -0.2) is 53.5 Å². The lowest BCUT2D eigenvalue weighted by molar-refractivity contribution is -0.143. The molecule has 0 aliphatic carbocycles. The molecule has 0 aromatic heterocycles. The van der Waals surface area contributed by atoms with Crippen molar-refractivity contribution in [2.45, 2.75) is 65.1 Å². The van der Waals surface area contributed by atoms with Crippen molar-refractivity contribution in [2.75, 3.05) is 6.54 Å². The van der Waals surface area contributed by atoms with Gasteiger partial charge in [0, 0.05) is 6.54 Å². The fourth-order valence-corrected chi connectivity index (χ4v) is 2.37. The predicted octanol–water partition coefficient (Wildman–Crippen LogP) is -0.876. The van der Waals surface area contributed by atoms with Crippen LogP contribution in [0.1, 0.15) is 47.0 Å². The average molecular weight is 386 g/mol. The van der Waals surface area contributed by atoms with Gasteiger partial charge in [0.2, 0.25) is 11.8 Å². The van der Waals surface area contributed by atoms with E-state index in [1.165, 1.54) is 0 Å². The molecule has 0 aliphatic rings. The number of nitrogens with two attached hydrogens (primary N) is 3. The van der Waals surface area contributed by atoms with Gasteiger partial charge in [-0.15, -0.1) is 0 Å². The highest BCUT2D eigenvalue weighted by atomic mass is 16.4. The molecule has 0 heterocycles. The van der Waals surface area contributed by atoms with Gasteiger partial charge in [0.15, 0.2) is 5.96 Å². The maximum absolute atomic E-state index is 12.6. The number of hydrogen-bond donors (Lipinski definition) is 6. The number of guanidine groups is 1. The summed E-state index contributed by atoms with van der Waals surface area (Å²) in [5, 5.41) is 14.4. The molecular weight excluding hydrogens is 352 g/mol. The largest absolute Gasteiger partial charge is 0.480 e. The Hall–Kier alpha value is -2.36. The zero-order valence-corrected chi connectivity index (χ0v) is 16.6. The molecule has 10 nitrogen and oxygen atoms in total. The van der Waals surface area contributed by atoms with Gasteiger partial charge < -0.3 is 32.9 Å². The molecule has 4 unspecified atom stereocenters. The van der Waals surface area contributed by atoms with Crippen LogP contribution in [0.5, 0.6) is 0 Å². The Bertz CT molecular complexity index is 534. The second kappa shape index (κ2) is 12.1. The van der Waals surface area contributed by atoms with Gasteiger partial charge in [0.05, 0.1) is 6.04 Å². The first-order chi connectivity index (χ1) is 12.5. The number of amides is 2. The summed E-state index contributed by atoms with van der Waals surface area (Å²) in [5.74, 6) is -2.64. The summed E-state index contributed by atoms with van der Waals surface area (Å²) in [6, 6.07) is -2.72. The van der Waals surface area contributed by atoms with E-state index in [9.17, 15) is 19.5 Å². The number of nitrogens with one attached hydrogen (secondary N) is 2. The van der Waals surface area contributed by atoms with Crippen LogP contribution in [0.25, 0.3) is 0 Å².